The van der Waals surface area contributed by atoms with Crippen molar-refractivity contribution in [2.45, 2.75) is 45.1 Å². The van der Waals surface area contributed by atoms with E-state index < -0.39 is 0 Å². The molecule has 0 bridgehead atoms. The molecule has 0 saturated carbocycles. The normalized spacial score (nSPS) is 40.2. The van der Waals surface area contributed by atoms with E-state index in [0.29, 0.717) is 12.0 Å². The predicted molar refractivity (Wildman–Crippen MR) is 66.1 cm³/mol. The molecule has 1 amide bonds. The Hall–Kier alpha value is -0.810. The van der Waals surface area contributed by atoms with E-state index in [1.165, 1.54) is 0 Å². The lowest BCUT2D eigenvalue weighted by Crippen LogP contribution is -2.34. The van der Waals surface area contributed by atoms with Crippen LogP contribution in [0.1, 0.15) is 26.7 Å². The number of ether oxygens (including phenoxy) is 2. The largest absolute Gasteiger partial charge is 0.445 e. The first kappa shape index (κ1) is 12.2. The van der Waals surface area contributed by atoms with Gasteiger partial charge in [-0.15, -0.1) is 0 Å². The van der Waals surface area contributed by atoms with Gasteiger partial charge in [0.1, 0.15) is 12.3 Å². The Kier molecular flexibility index (Phi) is 3.20. The minimum atomic E-state index is -0.129. The molecular weight excluding hydrogens is 232 g/mol. The number of carbonyl (C=O) groups is 1. The van der Waals surface area contributed by atoms with Crippen LogP contribution in [0.25, 0.3) is 0 Å². The molecule has 3 rings (SSSR count). The van der Waals surface area contributed by atoms with Crippen molar-refractivity contribution in [1.29, 1.82) is 0 Å². The van der Waals surface area contributed by atoms with Crippen LogP contribution in [0.2, 0.25) is 0 Å². The molecule has 0 N–H and O–H groups in total. The van der Waals surface area contributed by atoms with E-state index in [-0.39, 0.29) is 18.4 Å². The van der Waals surface area contributed by atoms with Crippen LogP contribution >= 0.6 is 0 Å². The van der Waals surface area contributed by atoms with Crippen LogP contribution in [0.4, 0.5) is 4.79 Å². The van der Waals surface area contributed by atoms with Gasteiger partial charge in [0.05, 0.1) is 6.10 Å². The van der Waals surface area contributed by atoms with Gasteiger partial charge in [0, 0.05) is 26.2 Å². The monoisotopic (exact) mass is 254 g/mol. The zero-order valence-corrected chi connectivity index (χ0v) is 11.2. The molecule has 4 unspecified atom stereocenters. The van der Waals surface area contributed by atoms with Crippen molar-refractivity contribution >= 4 is 6.09 Å². The van der Waals surface area contributed by atoms with E-state index in [1.54, 1.807) is 0 Å². The first-order valence-corrected chi connectivity index (χ1v) is 6.98. The molecule has 18 heavy (non-hydrogen) atoms. The first-order chi connectivity index (χ1) is 8.63. The molecule has 4 atom stereocenters. The lowest BCUT2D eigenvalue weighted by atomic mass is 10.2. The fraction of sp³-hybridized carbons (Fsp3) is 0.923. The number of likely N-dealkylation sites (tertiary alicyclic amines) is 2. The third-order valence-corrected chi connectivity index (χ3v) is 4.16. The van der Waals surface area contributed by atoms with Gasteiger partial charge in [-0.25, -0.2) is 4.79 Å². The van der Waals surface area contributed by atoms with Crippen LogP contribution in [-0.2, 0) is 9.47 Å². The quantitative estimate of drug-likeness (QED) is 0.696. The fourth-order valence-electron chi connectivity index (χ4n) is 2.96. The highest BCUT2D eigenvalue weighted by Gasteiger charge is 2.43. The van der Waals surface area contributed by atoms with Gasteiger partial charge < -0.3 is 14.4 Å². The molecule has 0 aromatic heterocycles. The Labute approximate surface area is 108 Å². The van der Waals surface area contributed by atoms with Gasteiger partial charge in [0.15, 0.2) is 0 Å². The molecule has 3 aliphatic heterocycles. The maximum Gasteiger partial charge on any atom is 0.410 e. The second-order valence-corrected chi connectivity index (χ2v) is 5.86. The molecule has 5 nitrogen and oxygen atoms in total. The molecule has 0 aliphatic carbocycles. The van der Waals surface area contributed by atoms with Crippen LogP contribution in [0.3, 0.4) is 0 Å². The highest BCUT2D eigenvalue weighted by Crippen LogP contribution is 2.29. The Morgan fingerprint density at radius 1 is 1.22 bits per heavy atom. The number of hydrogen-bond acceptors (Lipinski definition) is 4. The third-order valence-electron chi connectivity index (χ3n) is 4.16. The van der Waals surface area contributed by atoms with Crippen molar-refractivity contribution in [2.24, 2.45) is 5.92 Å². The van der Waals surface area contributed by atoms with Crippen molar-refractivity contribution in [2.75, 3.05) is 26.2 Å². The standard InChI is InChI=1S/C13H22N2O3/c1-9-3-5-15(7-9)13(16)18-11-4-6-14(8-11)12-10(2)17-12/h9-12H,3-8H2,1-2H3. The zero-order valence-electron chi connectivity index (χ0n) is 11.2. The summed E-state index contributed by atoms with van der Waals surface area (Å²) in [4.78, 5) is 16.1. The Morgan fingerprint density at radius 3 is 2.61 bits per heavy atom. The van der Waals surface area contributed by atoms with Gasteiger partial charge in [0.2, 0.25) is 0 Å². The SMILES string of the molecule is CC1CCN(C(=O)OC2CCN(C3OC3C)C2)C1. The van der Waals surface area contributed by atoms with Gasteiger partial charge in [-0.1, -0.05) is 6.92 Å². The molecule has 5 heteroatoms. The topological polar surface area (TPSA) is 45.3 Å². The number of epoxide rings is 1. The van der Waals surface area contributed by atoms with Crippen molar-refractivity contribution in [1.82, 2.24) is 9.80 Å². The van der Waals surface area contributed by atoms with E-state index in [4.69, 9.17) is 9.47 Å². The van der Waals surface area contributed by atoms with Gasteiger partial charge in [-0.2, -0.15) is 0 Å². The van der Waals surface area contributed by atoms with Crippen LogP contribution in [-0.4, -0.2) is 60.5 Å². The van der Waals surface area contributed by atoms with E-state index >= 15 is 0 Å². The molecule has 0 aromatic rings. The average molecular weight is 254 g/mol. The summed E-state index contributed by atoms with van der Waals surface area (Å²) in [5, 5.41) is 0. The summed E-state index contributed by atoms with van der Waals surface area (Å²) < 4.78 is 11.0. The lowest BCUT2D eigenvalue weighted by molar-refractivity contribution is 0.0677. The second-order valence-electron chi connectivity index (χ2n) is 5.86. The number of hydrogen-bond donors (Lipinski definition) is 0. The summed E-state index contributed by atoms with van der Waals surface area (Å²) >= 11 is 0. The molecule has 0 spiro atoms. The van der Waals surface area contributed by atoms with Crippen LogP contribution in [0.15, 0.2) is 0 Å². The Balaban J connectivity index is 1.44. The summed E-state index contributed by atoms with van der Waals surface area (Å²) in [6, 6.07) is 0. The van der Waals surface area contributed by atoms with E-state index in [1.807, 2.05) is 4.90 Å². The molecule has 3 aliphatic rings. The lowest BCUT2D eigenvalue weighted by Gasteiger charge is -2.19. The van der Waals surface area contributed by atoms with Crippen LogP contribution in [0, 0.1) is 5.92 Å². The first-order valence-electron chi connectivity index (χ1n) is 6.98. The molecule has 0 aromatic carbocycles. The summed E-state index contributed by atoms with van der Waals surface area (Å²) in [7, 11) is 0. The Bertz CT molecular complexity index is 336. The van der Waals surface area contributed by atoms with Crippen molar-refractivity contribution < 1.29 is 14.3 Å². The maximum atomic E-state index is 12.0. The van der Waals surface area contributed by atoms with E-state index in [2.05, 4.69) is 18.7 Å². The molecule has 3 heterocycles. The summed E-state index contributed by atoms with van der Waals surface area (Å²) in [5.41, 5.74) is 0. The van der Waals surface area contributed by atoms with Crippen LogP contribution in [0.5, 0.6) is 0 Å². The van der Waals surface area contributed by atoms with Crippen LogP contribution < -0.4 is 0 Å². The highest BCUT2D eigenvalue weighted by molar-refractivity contribution is 5.68. The number of rotatable bonds is 2. The maximum absolute atomic E-state index is 12.0. The molecular formula is C13H22N2O3. The van der Waals surface area contributed by atoms with Crippen molar-refractivity contribution in [3.05, 3.63) is 0 Å². The Morgan fingerprint density at radius 2 is 2.00 bits per heavy atom. The molecule has 0 radical (unpaired) electrons. The number of carbonyl (C=O) groups excluding carboxylic acids is 1. The second kappa shape index (κ2) is 4.70. The van der Waals surface area contributed by atoms with E-state index in [9.17, 15) is 4.79 Å². The summed E-state index contributed by atoms with van der Waals surface area (Å²) in [6.07, 6.45) is 2.56. The average Bonchev–Trinajstić information content (AvgIpc) is 2.78. The number of amides is 1. The van der Waals surface area contributed by atoms with Gasteiger partial charge in [-0.05, 0) is 25.7 Å². The number of nitrogens with zero attached hydrogens (tertiary/aromatic N) is 2. The molecule has 3 fully saturated rings. The smallest absolute Gasteiger partial charge is 0.410 e. The van der Waals surface area contributed by atoms with Gasteiger partial charge in [-0.3, -0.25) is 4.90 Å². The van der Waals surface area contributed by atoms with Gasteiger partial charge in [0.25, 0.3) is 0 Å². The zero-order chi connectivity index (χ0) is 12.7. The van der Waals surface area contributed by atoms with Crippen molar-refractivity contribution in [3.8, 4) is 0 Å². The third kappa shape index (κ3) is 2.47. The predicted octanol–water partition coefficient (Wildman–Crippen LogP) is 1.28. The summed E-state index contributed by atoms with van der Waals surface area (Å²) in [5.74, 6) is 0.610. The molecule has 3 saturated heterocycles. The van der Waals surface area contributed by atoms with Gasteiger partial charge >= 0.3 is 6.09 Å². The van der Waals surface area contributed by atoms with E-state index in [0.717, 1.165) is 39.0 Å². The minimum Gasteiger partial charge on any atom is -0.445 e. The highest BCUT2D eigenvalue weighted by atomic mass is 16.6. The van der Waals surface area contributed by atoms with Crippen molar-refractivity contribution in [3.63, 3.8) is 0 Å². The fourth-order valence-corrected chi connectivity index (χ4v) is 2.96. The minimum absolute atomic E-state index is 0.0461. The molecule has 102 valence electrons. The summed E-state index contributed by atoms with van der Waals surface area (Å²) in [6.45, 7) is 7.75.